The van der Waals surface area contributed by atoms with E-state index < -0.39 is 37.0 Å². The number of nitrogens with zero attached hydrogens (tertiary/aromatic N) is 1. The van der Waals surface area contributed by atoms with Crippen molar-refractivity contribution in [1.82, 2.24) is 0 Å². The molecule has 0 saturated carbocycles. The number of aliphatic hydroxyl groups excluding tert-OH is 4. The molecule has 5 atom stereocenters. The third-order valence-electron chi connectivity index (χ3n) is 7.38. The zero-order chi connectivity index (χ0) is 28.4. The van der Waals surface area contributed by atoms with E-state index >= 15 is 0 Å². The van der Waals surface area contributed by atoms with Crippen LogP contribution in [-0.2, 0) is 16.0 Å². The third-order valence-corrected chi connectivity index (χ3v) is 8.50. The van der Waals surface area contributed by atoms with Crippen LogP contribution in [0, 0.1) is 0 Å². The first-order valence-electron chi connectivity index (χ1n) is 14.1. The first-order valence-corrected chi connectivity index (χ1v) is 15.0. The largest absolute Gasteiger partial charge is 0.459 e. The zero-order valence-corrected chi connectivity index (χ0v) is 23.8. The number of esters is 1. The van der Waals surface area contributed by atoms with Crippen molar-refractivity contribution >= 4 is 28.9 Å². The highest BCUT2D eigenvalue weighted by Crippen LogP contribution is 2.31. The van der Waals surface area contributed by atoms with Crippen molar-refractivity contribution in [1.29, 1.82) is 0 Å². The van der Waals surface area contributed by atoms with Crippen LogP contribution >= 0.6 is 11.3 Å². The smallest absolute Gasteiger partial charge is 0.348 e. The maximum atomic E-state index is 12.7. The minimum absolute atomic E-state index is 0.119. The van der Waals surface area contributed by atoms with Crippen molar-refractivity contribution in [3.8, 4) is 0 Å². The first kappa shape index (κ1) is 31.2. The van der Waals surface area contributed by atoms with Crippen LogP contribution in [-0.4, -0.2) is 63.3 Å². The van der Waals surface area contributed by atoms with E-state index in [2.05, 4.69) is 6.92 Å². The topological polar surface area (TPSA) is 128 Å². The Kier molecular flexibility index (Phi) is 12.4. The summed E-state index contributed by atoms with van der Waals surface area (Å²) in [7, 11) is 0. The van der Waals surface area contributed by atoms with Gasteiger partial charge in [-0.05, 0) is 68.4 Å². The molecule has 3 rings (SSSR count). The van der Waals surface area contributed by atoms with Crippen LogP contribution < -0.4 is 4.90 Å². The summed E-state index contributed by atoms with van der Waals surface area (Å²) in [5.74, 6) is -0.453. The van der Waals surface area contributed by atoms with Crippen LogP contribution in [0.4, 0.5) is 5.69 Å². The second-order valence-corrected chi connectivity index (χ2v) is 11.5. The quantitative estimate of drug-likeness (QED) is 0.175. The van der Waals surface area contributed by atoms with E-state index in [-0.39, 0.29) is 18.4 Å². The van der Waals surface area contributed by atoms with Crippen LogP contribution in [0.3, 0.4) is 0 Å². The molecule has 216 valence electrons. The van der Waals surface area contributed by atoms with Crippen LogP contribution in [0.15, 0.2) is 36.4 Å². The highest BCUT2D eigenvalue weighted by molar-refractivity contribution is 7.13. The van der Waals surface area contributed by atoms with Gasteiger partial charge < -0.3 is 30.1 Å². The van der Waals surface area contributed by atoms with Gasteiger partial charge in [-0.1, -0.05) is 45.2 Å². The zero-order valence-electron chi connectivity index (χ0n) is 23.0. The molecular formula is C30H43NO7S. The minimum Gasteiger partial charge on any atom is -0.459 e. The summed E-state index contributed by atoms with van der Waals surface area (Å²) in [6.45, 7) is 3.43. The van der Waals surface area contributed by atoms with E-state index in [0.29, 0.717) is 11.3 Å². The number of aryl methyl sites for hydroxylation is 1. The minimum atomic E-state index is -1.37. The van der Waals surface area contributed by atoms with Crippen LogP contribution in [0.2, 0.25) is 0 Å². The summed E-state index contributed by atoms with van der Waals surface area (Å²) in [4.78, 5) is 28.4. The number of aliphatic hydroxyl groups is 4. The van der Waals surface area contributed by atoms with Crippen LogP contribution in [0.25, 0.3) is 0 Å². The molecule has 1 aliphatic rings. The Morgan fingerprint density at radius 2 is 1.77 bits per heavy atom. The standard InChI is InChI=1S/C30H43NO7S/c1-3-5-6-10-25(33)20-11-13-22(14-12-20)31-21(15-18-28(31)35)8-7-9-23-16-17-27(39-23)30(37)38-19-26(34)29(36)24(32)4-2/h11-14,16-17,21,24-26,29,32-34,36H,3-10,15,18-19H2,1-2H3/t21-,24+,25-,26-,29-/m0/s1. The number of benzene rings is 1. The average molecular weight is 562 g/mol. The van der Waals surface area contributed by atoms with Crippen LogP contribution in [0.5, 0.6) is 0 Å². The van der Waals surface area contributed by atoms with Crippen LogP contribution in [0.1, 0.15) is 97.9 Å². The SMILES string of the molecule is CCCCC[C@H](O)c1ccc(N2C(=O)CC[C@@H]2CCCc2ccc(C(=O)OC[C@H](O)[C@@H](O)[C@H](O)CC)s2)cc1. The van der Waals surface area contributed by atoms with Gasteiger partial charge >= 0.3 is 5.97 Å². The highest BCUT2D eigenvalue weighted by atomic mass is 32.1. The maximum Gasteiger partial charge on any atom is 0.348 e. The van der Waals surface area contributed by atoms with E-state index in [1.54, 1.807) is 13.0 Å². The molecule has 2 heterocycles. The van der Waals surface area contributed by atoms with Gasteiger partial charge in [0.1, 0.15) is 23.7 Å². The molecule has 1 aromatic heterocycles. The molecule has 39 heavy (non-hydrogen) atoms. The maximum absolute atomic E-state index is 12.7. The van der Waals surface area contributed by atoms with E-state index in [1.165, 1.54) is 11.3 Å². The first-order chi connectivity index (χ1) is 18.7. The third kappa shape index (κ3) is 8.85. The molecule has 4 N–H and O–H groups in total. The lowest BCUT2D eigenvalue weighted by Gasteiger charge is -2.25. The fourth-order valence-corrected chi connectivity index (χ4v) is 5.89. The average Bonchev–Trinajstić information content (AvgIpc) is 3.57. The molecule has 1 aliphatic heterocycles. The molecule has 0 unspecified atom stereocenters. The Bertz CT molecular complexity index is 1040. The number of anilines is 1. The van der Waals surface area contributed by atoms with Crippen molar-refractivity contribution in [2.45, 2.75) is 109 Å². The van der Waals surface area contributed by atoms with Gasteiger partial charge in [-0.25, -0.2) is 4.79 Å². The molecule has 0 bridgehead atoms. The Morgan fingerprint density at radius 3 is 2.46 bits per heavy atom. The number of rotatable bonds is 16. The Hall–Kier alpha value is -2.30. The lowest BCUT2D eigenvalue weighted by molar-refractivity contribution is -0.117. The highest BCUT2D eigenvalue weighted by Gasteiger charge is 2.32. The number of thiophene rings is 1. The summed E-state index contributed by atoms with van der Waals surface area (Å²) in [6.07, 6.45) is 3.77. The van der Waals surface area contributed by atoms with Gasteiger partial charge in [-0.2, -0.15) is 0 Å². The molecule has 9 heteroatoms. The summed E-state index contributed by atoms with van der Waals surface area (Å²) >= 11 is 1.33. The molecule has 1 saturated heterocycles. The van der Waals surface area contributed by atoms with Crippen molar-refractivity contribution in [3.05, 3.63) is 51.7 Å². The number of amides is 1. The van der Waals surface area contributed by atoms with Gasteiger partial charge in [0, 0.05) is 23.0 Å². The number of hydrogen-bond donors (Lipinski definition) is 4. The summed E-state index contributed by atoms with van der Waals surface area (Å²) in [6, 6.07) is 11.4. The fourth-order valence-electron chi connectivity index (χ4n) is 4.95. The van der Waals surface area contributed by atoms with Gasteiger partial charge in [0.2, 0.25) is 5.91 Å². The normalized spacial score (nSPS) is 18.7. The molecule has 1 amide bonds. The number of carbonyl (C=O) groups excluding carboxylic acids is 2. The number of hydrogen-bond acceptors (Lipinski definition) is 8. The lowest BCUT2D eigenvalue weighted by atomic mass is 10.0. The van der Waals surface area contributed by atoms with Gasteiger partial charge in [-0.15, -0.1) is 11.3 Å². The van der Waals surface area contributed by atoms with Gasteiger partial charge in [0.05, 0.1) is 12.2 Å². The van der Waals surface area contributed by atoms with Crippen molar-refractivity contribution in [2.24, 2.45) is 0 Å². The summed E-state index contributed by atoms with van der Waals surface area (Å²) < 4.78 is 5.12. The van der Waals surface area contributed by atoms with Gasteiger partial charge in [0.25, 0.3) is 0 Å². The Morgan fingerprint density at radius 1 is 1.03 bits per heavy atom. The lowest BCUT2D eigenvalue weighted by Crippen LogP contribution is -2.40. The second-order valence-electron chi connectivity index (χ2n) is 10.3. The predicted molar refractivity (Wildman–Crippen MR) is 152 cm³/mol. The molecule has 2 aromatic rings. The Labute approximate surface area is 235 Å². The number of carbonyl (C=O) groups is 2. The molecule has 0 spiro atoms. The van der Waals surface area contributed by atoms with Crippen molar-refractivity contribution in [2.75, 3.05) is 11.5 Å². The van der Waals surface area contributed by atoms with Crippen molar-refractivity contribution in [3.63, 3.8) is 0 Å². The number of unbranched alkanes of at least 4 members (excludes halogenated alkanes) is 2. The molecule has 8 nitrogen and oxygen atoms in total. The van der Waals surface area contributed by atoms with E-state index in [4.69, 9.17) is 4.74 Å². The molecule has 1 aromatic carbocycles. The van der Waals surface area contributed by atoms with E-state index in [0.717, 1.165) is 67.5 Å². The Balaban J connectivity index is 1.48. The van der Waals surface area contributed by atoms with E-state index in [1.807, 2.05) is 35.2 Å². The summed E-state index contributed by atoms with van der Waals surface area (Å²) in [5, 5.41) is 39.8. The predicted octanol–water partition coefficient (Wildman–Crippen LogP) is 4.53. The molecule has 0 radical (unpaired) electrons. The van der Waals surface area contributed by atoms with Gasteiger partial charge in [-0.3, -0.25) is 4.79 Å². The van der Waals surface area contributed by atoms with E-state index in [9.17, 15) is 30.0 Å². The fraction of sp³-hybridized carbons (Fsp3) is 0.600. The second kappa shape index (κ2) is 15.5. The number of ether oxygens (including phenoxy) is 1. The molecule has 0 aliphatic carbocycles. The summed E-state index contributed by atoms with van der Waals surface area (Å²) in [5.41, 5.74) is 1.75. The van der Waals surface area contributed by atoms with Gasteiger partial charge in [0.15, 0.2) is 0 Å². The monoisotopic (exact) mass is 561 g/mol. The molecule has 1 fully saturated rings. The molecular weight excluding hydrogens is 518 g/mol. The van der Waals surface area contributed by atoms with Crippen molar-refractivity contribution < 1.29 is 34.8 Å².